The Morgan fingerprint density at radius 2 is 1.67 bits per heavy atom. The summed E-state index contributed by atoms with van der Waals surface area (Å²) in [6.07, 6.45) is 1.00. The molecular weight excluding hydrogens is 384 g/mol. The Bertz CT molecular complexity index is 1070. The van der Waals surface area contributed by atoms with Gasteiger partial charge < -0.3 is 14.8 Å². The first-order chi connectivity index (χ1) is 14.5. The van der Waals surface area contributed by atoms with E-state index in [1.165, 1.54) is 12.1 Å². The molecule has 0 aliphatic rings. The summed E-state index contributed by atoms with van der Waals surface area (Å²) in [7, 11) is 3.17. The van der Waals surface area contributed by atoms with Crippen molar-refractivity contribution in [3.05, 3.63) is 40.4 Å². The number of anilines is 1. The molecule has 1 heterocycles. The minimum atomic E-state index is -0.405. The number of ether oxygens (including phenoxy) is 2. The van der Waals surface area contributed by atoms with Crippen LogP contribution >= 0.6 is 0 Å². The lowest BCUT2D eigenvalue weighted by Crippen LogP contribution is -2.40. The summed E-state index contributed by atoms with van der Waals surface area (Å²) in [6, 6.07) is 8.48. The molecule has 0 aliphatic heterocycles. The van der Waals surface area contributed by atoms with E-state index in [2.05, 4.69) is 31.0 Å². The Morgan fingerprint density at radius 3 is 2.23 bits per heavy atom. The monoisotopic (exact) mass is 412 g/mol. The molecule has 2 aromatic carbocycles. The molecule has 0 fully saturated rings. The van der Waals surface area contributed by atoms with E-state index in [1.807, 2.05) is 6.07 Å². The van der Waals surface area contributed by atoms with Crippen LogP contribution < -0.4 is 14.8 Å². The summed E-state index contributed by atoms with van der Waals surface area (Å²) in [5, 5.41) is 16.7. The van der Waals surface area contributed by atoms with Crippen molar-refractivity contribution in [2.45, 2.75) is 33.4 Å². The van der Waals surface area contributed by atoms with Crippen LogP contribution in [0.2, 0.25) is 0 Å². The number of fused-ring (bicyclic) bond motifs is 2. The van der Waals surface area contributed by atoms with Gasteiger partial charge in [-0.1, -0.05) is 20.8 Å². The normalized spacial score (nSPS) is 12.3. The van der Waals surface area contributed by atoms with E-state index in [1.54, 1.807) is 26.4 Å². The molecule has 8 nitrogen and oxygen atoms in total. The average Bonchev–Trinajstić information content (AvgIpc) is 2.77. The highest BCUT2D eigenvalue weighted by atomic mass is 16.6. The summed E-state index contributed by atoms with van der Waals surface area (Å²) >= 11 is 0. The van der Waals surface area contributed by atoms with Gasteiger partial charge in [-0.2, -0.15) is 0 Å². The number of methoxy groups -OCH3 is 2. The largest absolute Gasteiger partial charge is 0.493 e. The quantitative estimate of drug-likeness (QED) is 0.234. The number of non-ortho nitro benzene ring substituents is 1. The van der Waals surface area contributed by atoms with Crippen LogP contribution in [0.5, 0.6) is 11.5 Å². The van der Waals surface area contributed by atoms with Crippen molar-refractivity contribution < 1.29 is 14.4 Å². The fraction of sp³-hybridized carbons (Fsp3) is 0.409. The fourth-order valence-electron chi connectivity index (χ4n) is 3.81. The van der Waals surface area contributed by atoms with Crippen LogP contribution in [0.15, 0.2) is 30.3 Å². The maximum atomic E-state index is 11.3. The molecule has 0 amide bonds. The highest BCUT2D eigenvalue weighted by Crippen LogP contribution is 2.39. The Morgan fingerprint density at radius 1 is 1.03 bits per heavy atom. The fourth-order valence-corrected chi connectivity index (χ4v) is 3.81. The molecule has 3 rings (SSSR count). The number of nitro groups is 1. The Hall–Kier alpha value is -3.13. The second-order valence-electron chi connectivity index (χ2n) is 6.96. The highest BCUT2D eigenvalue weighted by Gasteiger charge is 2.20. The predicted molar refractivity (Wildman–Crippen MR) is 120 cm³/mol. The van der Waals surface area contributed by atoms with Gasteiger partial charge in [0.15, 0.2) is 11.5 Å². The van der Waals surface area contributed by atoms with Crippen LogP contribution in [0.4, 0.5) is 11.4 Å². The molecule has 0 bridgehead atoms. The van der Waals surface area contributed by atoms with Gasteiger partial charge in [-0.25, -0.2) is 4.98 Å². The highest BCUT2D eigenvalue weighted by molar-refractivity contribution is 6.08. The summed E-state index contributed by atoms with van der Waals surface area (Å²) in [5.74, 6) is 1.16. The molecule has 0 spiro atoms. The number of nitro benzene ring substituents is 1. The van der Waals surface area contributed by atoms with Gasteiger partial charge in [0.05, 0.1) is 42.0 Å². The van der Waals surface area contributed by atoms with Crippen molar-refractivity contribution in [3.63, 3.8) is 0 Å². The van der Waals surface area contributed by atoms with Gasteiger partial charge in [-0.05, 0) is 31.6 Å². The summed E-state index contributed by atoms with van der Waals surface area (Å²) in [5.41, 5.74) is 2.12. The maximum Gasteiger partial charge on any atom is 0.271 e. The van der Waals surface area contributed by atoms with Crippen molar-refractivity contribution in [2.75, 3.05) is 32.6 Å². The second-order valence-corrected chi connectivity index (χ2v) is 6.96. The van der Waals surface area contributed by atoms with Crippen molar-refractivity contribution in [3.8, 4) is 11.5 Å². The number of pyridine rings is 1. The summed E-state index contributed by atoms with van der Waals surface area (Å²) in [4.78, 5) is 17.9. The third-order valence-corrected chi connectivity index (χ3v) is 5.42. The van der Waals surface area contributed by atoms with Gasteiger partial charge in [0.25, 0.3) is 5.69 Å². The van der Waals surface area contributed by atoms with Gasteiger partial charge in [-0.3, -0.25) is 15.0 Å². The topological polar surface area (TPSA) is 89.8 Å². The van der Waals surface area contributed by atoms with Crippen molar-refractivity contribution in [1.29, 1.82) is 0 Å². The van der Waals surface area contributed by atoms with Crippen LogP contribution in [0.1, 0.15) is 27.2 Å². The SMILES string of the molecule is CCC(Nc1c2ccc([N+](=O)[O-])cc2nc2cc(OC)c(OC)cc12)N(CC)CC. The number of benzene rings is 2. The number of hydrogen-bond acceptors (Lipinski definition) is 7. The number of hydrogen-bond donors (Lipinski definition) is 1. The van der Waals surface area contributed by atoms with Crippen molar-refractivity contribution >= 4 is 33.2 Å². The van der Waals surface area contributed by atoms with E-state index < -0.39 is 4.92 Å². The Labute approximate surface area is 175 Å². The minimum Gasteiger partial charge on any atom is -0.493 e. The van der Waals surface area contributed by atoms with Crippen LogP contribution in [0.3, 0.4) is 0 Å². The number of rotatable bonds is 9. The number of nitrogens with one attached hydrogen (secondary N) is 1. The van der Waals surface area contributed by atoms with Crippen LogP contribution in [0.25, 0.3) is 21.8 Å². The summed E-state index contributed by atoms with van der Waals surface area (Å²) in [6.45, 7) is 8.22. The molecule has 1 aromatic heterocycles. The van der Waals surface area contributed by atoms with E-state index in [4.69, 9.17) is 14.5 Å². The third kappa shape index (κ3) is 3.95. The zero-order chi connectivity index (χ0) is 21.8. The first kappa shape index (κ1) is 21.6. The molecule has 3 aromatic rings. The van der Waals surface area contributed by atoms with Crippen LogP contribution in [-0.2, 0) is 0 Å². The zero-order valence-corrected chi connectivity index (χ0v) is 18.1. The smallest absolute Gasteiger partial charge is 0.271 e. The zero-order valence-electron chi connectivity index (χ0n) is 18.1. The molecule has 1 N–H and O–H groups in total. The molecule has 1 atom stereocenters. The van der Waals surface area contributed by atoms with Crippen LogP contribution in [0, 0.1) is 10.1 Å². The van der Waals surface area contributed by atoms with E-state index >= 15 is 0 Å². The first-order valence-electron chi connectivity index (χ1n) is 10.1. The third-order valence-electron chi connectivity index (χ3n) is 5.42. The number of aromatic nitrogens is 1. The molecule has 30 heavy (non-hydrogen) atoms. The second kappa shape index (κ2) is 9.13. The first-order valence-corrected chi connectivity index (χ1v) is 10.1. The standard InChI is InChI=1S/C22H28N4O4/c1-6-21(25(7-2)8-3)24-22-15-10-9-14(26(27)28)11-17(15)23-18-13-20(30-5)19(29-4)12-16(18)22/h9-13,21H,6-8H2,1-5H3,(H,23,24). The maximum absolute atomic E-state index is 11.3. The van der Waals surface area contributed by atoms with Crippen molar-refractivity contribution in [1.82, 2.24) is 9.88 Å². The summed E-state index contributed by atoms with van der Waals surface area (Å²) < 4.78 is 10.9. The minimum absolute atomic E-state index is 0.0107. The van der Waals surface area contributed by atoms with E-state index in [9.17, 15) is 10.1 Å². The lowest BCUT2D eigenvalue weighted by molar-refractivity contribution is -0.384. The molecule has 1 unspecified atom stereocenters. The molecule has 0 radical (unpaired) electrons. The van der Waals surface area contributed by atoms with Gasteiger partial charge in [0.2, 0.25) is 0 Å². The van der Waals surface area contributed by atoms with Gasteiger partial charge >= 0.3 is 0 Å². The van der Waals surface area contributed by atoms with Gasteiger partial charge in [0.1, 0.15) is 0 Å². The van der Waals surface area contributed by atoms with E-state index in [0.717, 1.165) is 36.0 Å². The Balaban J connectivity index is 2.31. The Kier molecular flexibility index (Phi) is 6.56. The van der Waals surface area contributed by atoms with Gasteiger partial charge in [-0.15, -0.1) is 0 Å². The molecule has 0 saturated heterocycles. The average molecular weight is 412 g/mol. The molecule has 8 heteroatoms. The van der Waals surface area contributed by atoms with E-state index in [0.29, 0.717) is 22.5 Å². The molecule has 160 valence electrons. The molecular formula is C22H28N4O4. The predicted octanol–water partition coefficient (Wildman–Crippen LogP) is 4.80. The molecule has 0 aliphatic carbocycles. The van der Waals surface area contributed by atoms with E-state index in [-0.39, 0.29) is 11.9 Å². The number of nitrogens with zero attached hydrogens (tertiary/aromatic N) is 3. The van der Waals surface area contributed by atoms with Crippen molar-refractivity contribution in [2.24, 2.45) is 0 Å². The lowest BCUT2D eigenvalue weighted by atomic mass is 10.1. The van der Waals surface area contributed by atoms with Gasteiger partial charge in [0, 0.05) is 29.0 Å². The van der Waals surface area contributed by atoms with Crippen LogP contribution in [-0.4, -0.2) is 48.3 Å². The molecule has 0 saturated carbocycles. The lowest BCUT2D eigenvalue weighted by Gasteiger charge is -2.31.